The normalized spacial score (nSPS) is 30.9. The molecule has 0 unspecified atom stereocenters. The third kappa shape index (κ3) is 3.59. The summed E-state index contributed by atoms with van der Waals surface area (Å²) in [7, 11) is 3.54. The Morgan fingerprint density at radius 3 is 2.76 bits per heavy atom. The van der Waals surface area contributed by atoms with Crippen LogP contribution in [-0.2, 0) is 23.1 Å². The van der Waals surface area contributed by atoms with Crippen molar-refractivity contribution in [2.24, 2.45) is 11.8 Å². The summed E-state index contributed by atoms with van der Waals surface area (Å²) in [5.41, 5.74) is 2.80. The van der Waals surface area contributed by atoms with E-state index < -0.39 is 0 Å². The van der Waals surface area contributed by atoms with Crippen LogP contribution in [0.2, 0.25) is 10.0 Å². The van der Waals surface area contributed by atoms with Gasteiger partial charge in [0, 0.05) is 42.2 Å². The topological polar surface area (TPSA) is 62.2 Å². The maximum Gasteiger partial charge on any atom is 0.227 e. The summed E-state index contributed by atoms with van der Waals surface area (Å²) in [6.45, 7) is 2.19. The Balaban J connectivity index is 1.25. The molecular formula is C30H34Cl2N2O4. The van der Waals surface area contributed by atoms with Gasteiger partial charge in [-0.2, -0.15) is 0 Å². The lowest BCUT2D eigenvalue weighted by Crippen LogP contribution is -2.69. The highest BCUT2D eigenvalue weighted by Crippen LogP contribution is 2.65. The van der Waals surface area contributed by atoms with Crippen molar-refractivity contribution in [3.05, 3.63) is 51.0 Å². The highest BCUT2D eigenvalue weighted by atomic mass is 35.5. The van der Waals surface area contributed by atoms with Crippen LogP contribution in [-0.4, -0.2) is 66.2 Å². The van der Waals surface area contributed by atoms with Crippen LogP contribution in [0.1, 0.15) is 48.8 Å². The first-order valence-corrected chi connectivity index (χ1v) is 14.6. The van der Waals surface area contributed by atoms with E-state index in [4.69, 9.17) is 32.7 Å². The van der Waals surface area contributed by atoms with Gasteiger partial charge in [0.15, 0.2) is 11.5 Å². The average Bonchev–Trinajstić information content (AvgIpc) is 3.66. The Morgan fingerprint density at radius 2 is 2.03 bits per heavy atom. The van der Waals surface area contributed by atoms with Gasteiger partial charge in [-0.15, -0.1) is 0 Å². The number of piperidine rings is 1. The number of likely N-dealkylation sites (N-methyl/N-ethyl adjacent to an activating group) is 1. The van der Waals surface area contributed by atoms with E-state index in [2.05, 4.69) is 4.90 Å². The number of carbonyl (C=O) groups excluding carboxylic acids is 1. The van der Waals surface area contributed by atoms with Gasteiger partial charge < -0.3 is 19.5 Å². The molecule has 6 nitrogen and oxygen atoms in total. The monoisotopic (exact) mass is 556 g/mol. The van der Waals surface area contributed by atoms with Crippen LogP contribution < -0.4 is 9.47 Å². The van der Waals surface area contributed by atoms with Crippen LogP contribution in [0.3, 0.4) is 0 Å². The van der Waals surface area contributed by atoms with Crippen molar-refractivity contribution >= 4 is 29.1 Å². The van der Waals surface area contributed by atoms with Crippen molar-refractivity contribution in [2.75, 3.05) is 27.2 Å². The molecule has 8 heteroatoms. The van der Waals surface area contributed by atoms with E-state index in [0.29, 0.717) is 33.5 Å². The summed E-state index contributed by atoms with van der Waals surface area (Å²) in [5.74, 6) is 2.98. The third-order valence-electron chi connectivity index (χ3n) is 10.1. The van der Waals surface area contributed by atoms with Crippen molar-refractivity contribution in [2.45, 2.75) is 68.5 Å². The van der Waals surface area contributed by atoms with Gasteiger partial charge in [0.25, 0.3) is 0 Å². The van der Waals surface area contributed by atoms with Crippen LogP contribution >= 0.6 is 23.2 Å². The zero-order chi connectivity index (χ0) is 26.3. The highest BCUT2D eigenvalue weighted by Gasteiger charge is 2.67. The standard InChI is InChI=1S/C30H34Cl2N2O4/c1-33(26(36)12-17-5-7-20(31)21(32)11-17)22-8-6-19-23-13-18-24(35)14-25(37-2)28-27(18)30(19,29(22)38-28)9-10-34(23)15-16-3-4-16/h5,7,11,14,16,19,22-23,29,35H,3-4,6,8-10,12-13,15H2,1-2H3/t19-,22+,23+,29-,30-/m0/s1. The average molecular weight is 558 g/mol. The third-order valence-corrected chi connectivity index (χ3v) is 10.9. The smallest absolute Gasteiger partial charge is 0.227 e. The van der Waals surface area contributed by atoms with Gasteiger partial charge in [0.1, 0.15) is 11.9 Å². The Kier molecular flexibility index (Phi) is 5.85. The van der Waals surface area contributed by atoms with E-state index >= 15 is 0 Å². The zero-order valence-electron chi connectivity index (χ0n) is 21.9. The Morgan fingerprint density at radius 1 is 1.21 bits per heavy atom. The van der Waals surface area contributed by atoms with E-state index in [9.17, 15) is 9.90 Å². The fourth-order valence-electron chi connectivity index (χ4n) is 8.19. The van der Waals surface area contributed by atoms with E-state index in [1.165, 1.54) is 12.8 Å². The van der Waals surface area contributed by atoms with Gasteiger partial charge in [-0.1, -0.05) is 29.3 Å². The Labute approximate surface area is 233 Å². The SMILES string of the molecule is COc1cc(O)c2c3c1O[C@H]1[C@H](N(C)C(=O)Cc4ccc(Cl)c(Cl)c4)CC[C@H]4[C@@H](C2)N(CC2CC2)CC[C@@]341. The number of phenols is 1. The molecule has 3 aliphatic carbocycles. The minimum atomic E-state index is -0.222. The molecule has 2 bridgehead atoms. The molecule has 202 valence electrons. The largest absolute Gasteiger partial charge is 0.508 e. The molecule has 1 amide bonds. The summed E-state index contributed by atoms with van der Waals surface area (Å²) < 4.78 is 12.6. The lowest BCUT2D eigenvalue weighted by atomic mass is 9.50. The number of amides is 1. The molecule has 2 saturated carbocycles. The summed E-state index contributed by atoms with van der Waals surface area (Å²) in [5, 5.41) is 12.1. The molecular weight excluding hydrogens is 523 g/mol. The number of phenolic OH excluding ortho intramolecular Hbond substituents is 1. The molecule has 5 atom stereocenters. The van der Waals surface area contributed by atoms with Gasteiger partial charge in [0.2, 0.25) is 5.91 Å². The molecule has 0 radical (unpaired) electrons. The molecule has 3 fully saturated rings. The van der Waals surface area contributed by atoms with E-state index in [1.807, 2.05) is 18.0 Å². The highest BCUT2D eigenvalue weighted by molar-refractivity contribution is 6.42. The van der Waals surface area contributed by atoms with Crippen molar-refractivity contribution in [1.29, 1.82) is 0 Å². The Hall–Kier alpha value is -2.15. The molecule has 38 heavy (non-hydrogen) atoms. The molecule has 2 aromatic carbocycles. The van der Waals surface area contributed by atoms with Crippen LogP contribution in [0.25, 0.3) is 0 Å². The molecule has 7 rings (SSSR count). The predicted molar refractivity (Wildman–Crippen MR) is 147 cm³/mol. The first kappa shape index (κ1) is 24.9. The van der Waals surface area contributed by atoms with Crippen molar-refractivity contribution in [1.82, 2.24) is 9.80 Å². The number of carbonyl (C=O) groups is 1. The first-order valence-electron chi connectivity index (χ1n) is 13.9. The number of nitrogens with zero attached hydrogens (tertiary/aromatic N) is 2. The van der Waals surface area contributed by atoms with Gasteiger partial charge >= 0.3 is 0 Å². The minimum absolute atomic E-state index is 0.0383. The number of halogens is 2. The van der Waals surface area contributed by atoms with Gasteiger partial charge in [-0.05, 0) is 74.6 Å². The predicted octanol–water partition coefficient (Wildman–Crippen LogP) is 5.23. The lowest BCUT2D eigenvalue weighted by Gasteiger charge is -2.60. The quantitative estimate of drug-likeness (QED) is 0.528. The summed E-state index contributed by atoms with van der Waals surface area (Å²) in [6, 6.07) is 7.42. The maximum absolute atomic E-state index is 13.6. The van der Waals surface area contributed by atoms with Crippen LogP contribution in [0.15, 0.2) is 24.3 Å². The number of likely N-dealkylation sites (tertiary alicyclic amines) is 1. The number of methoxy groups -OCH3 is 1. The fraction of sp³-hybridized carbons (Fsp3) is 0.567. The van der Waals surface area contributed by atoms with Crippen molar-refractivity contribution in [3.63, 3.8) is 0 Å². The van der Waals surface area contributed by atoms with Crippen LogP contribution in [0, 0.1) is 11.8 Å². The molecule has 2 aromatic rings. The van der Waals surface area contributed by atoms with Gasteiger partial charge in [-0.25, -0.2) is 0 Å². The van der Waals surface area contributed by atoms with E-state index in [0.717, 1.165) is 67.1 Å². The second-order valence-corrected chi connectivity index (χ2v) is 12.8. The second kappa shape index (κ2) is 8.94. The van der Waals surface area contributed by atoms with Gasteiger partial charge in [-0.3, -0.25) is 9.69 Å². The first-order chi connectivity index (χ1) is 18.3. The molecule has 5 aliphatic rings. The molecule has 2 heterocycles. The molecule has 1 spiro atoms. The van der Waals surface area contributed by atoms with Crippen molar-refractivity contribution < 1.29 is 19.4 Å². The molecule has 0 aromatic heterocycles. The summed E-state index contributed by atoms with van der Waals surface area (Å²) in [6.07, 6.45) is 6.52. The number of ether oxygens (including phenoxy) is 2. The minimum Gasteiger partial charge on any atom is -0.508 e. The van der Waals surface area contributed by atoms with Crippen LogP contribution in [0.5, 0.6) is 17.2 Å². The number of rotatable bonds is 6. The molecule has 2 aliphatic heterocycles. The van der Waals surface area contributed by atoms with Gasteiger partial charge in [0.05, 0.1) is 29.6 Å². The fourth-order valence-corrected chi connectivity index (χ4v) is 8.51. The van der Waals surface area contributed by atoms with E-state index in [-0.39, 0.29) is 29.9 Å². The van der Waals surface area contributed by atoms with E-state index in [1.54, 1.807) is 25.3 Å². The summed E-state index contributed by atoms with van der Waals surface area (Å²) in [4.78, 5) is 18.2. The summed E-state index contributed by atoms with van der Waals surface area (Å²) >= 11 is 12.3. The molecule has 1 saturated heterocycles. The molecule has 1 N–H and O–H groups in total. The van der Waals surface area contributed by atoms with Crippen LogP contribution in [0.4, 0.5) is 0 Å². The lowest BCUT2D eigenvalue weighted by molar-refractivity contribution is -0.139. The number of hydrogen-bond donors (Lipinski definition) is 1. The van der Waals surface area contributed by atoms with Crippen molar-refractivity contribution in [3.8, 4) is 17.2 Å². The number of aromatic hydroxyl groups is 1. The maximum atomic E-state index is 13.6. The number of benzene rings is 2. The second-order valence-electron chi connectivity index (χ2n) is 12.0. The Bertz CT molecular complexity index is 1310. The number of hydrogen-bond acceptors (Lipinski definition) is 5. The zero-order valence-corrected chi connectivity index (χ0v) is 23.4.